The molecule has 1 N–H and O–H groups in total. The summed E-state index contributed by atoms with van der Waals surface area (Å²) in [6, 6.07) is 8.15. The fraction of sp³-hybridized carbons (Fsp3) is 0.350. The highest BCUT2D eigenvalue weighted by Gasteiger charge is 2.26. The van der Waals surface area contributed by atoms with Crippen LogP contribution in [0.3, 0.4) is 0 Å². The van der Waals surface area contributed by atoms with Crippen LogP contribution >= 0.6 is 0 Å². The Labute approximate surface area is 156 Å². The number of fused-ring (bicyclic) bond motifs is 1. The predicted octanol–water partition coefficient (Wildman–Crippen LogP) is 2.86. The number of pyridine rings is 1. The van der Waals surface area contributed by atoms with E-state index in [4.69, 9.17) is 4.42 Å². The number of rotatable bonds is 5. The minimum absolute atomic E-state index is 0.0147. The van der Waals surface area contributed by atoms with E-state index in [1.54, 1.807) is 18.5 Å². The summed E-state index contributed by atoms with van der Waals surface area (Å²) in [5.41, 5.74) is 2.11. The number of carbonyl (C=O) groups excluding carboxylic acids is 1. The SMILES string of the molecule is O=C(CN1CCC[C@H](c2nc3ccc(F)cc3o2)C1)NCc1cccnc1. The molecule has 1 saturated heterocycles. The zero-order valence-corrected chi connectivity index (χ0v) is 14.9. The molecule has 1 aromatic carbocycles. The molecule has 140 valence electrons. The van der Waals surface area contributed by atoms with Crippen LogP contribution in [0.2, 0.25) is 0 Å². The first kappa shape index (κ1) is 17.6. The van der Waals surface area contributed by atoms with E-state index in [-0.39, 0.29) is 17.6 Å². The number of nitrogens with zero attached hydrogens (tertiary/aromatic N) is 3. The van der Waals surface area contributed by atoms with Gasteiger partial charge in [0.15, 0.2) is 11.5 Å². The number of hydrogen-bond acceptors (Lipinski definition) is 5. The summed E-state index contributed by atoms with van der Waals surface area (Å²) < 4.78 is 19.1. The fourth-order valence-corrected chi connectivity index (χ4v) is 3.45. The Morgan fingerprint density at radius 2 is 2.30 bits per heavy atom. The van der Waals surface area contributed by atoms with Gasteiger partial charge in [0, 0.05) is 37.5 Å². The van der Waals surface area contributed by atoms with Crippen molar-refractivity contribution in [3.63, 3.8) is 0 Å². The Kier molecular flexibility index (Phi) is 5.11. The van der Waals surface area contributed by atoms with E-state index in [2.05, 4.69) is 20.2 Å². The lowest BCUT2D eigenvalue weighted by molar-refractivity contribution is -0.122. The first-order valence-electron chi connectivity index (χ1n) is 9.11. The average Bonchev–Trinajstić information content (AvgIpc) is 3.11. The summed E-state index contributed by atoms with van der Waals surface area (Å²) >= 11 is 0. The van der Waals surface area contributed by atoms with Crippen LogP contribution in [0, 0.1) is 5.82 Å². The third kappa shape index (κ3) is 4.31. The van der Waals surface area contributed by atoms with Gasteiger partial charge in [-0.25, -0.2) is 9.37 Å². The van der Waals surface area contributed by atoms with Gasteiger partial charge in [0.2, 0.25) is 5.91 Å². The summed E-state index contributed by atoms with van der Waals surface area (Å²) in [5.74, 6) is 0.385. The highest BCUT2D eigenvalue weighted by Crippen LogP contribution is 2.29. The van der Waals surface area contributed by atoms with Gasteiger partial charge in [-0.3, -0.25) is 14.7 Å². The second-order valence-corrected chi connectivity index (χ2v) is 6.88. The van der Waals surface area contributed by atoms with Crippen molar-refractivity contribution in [3.8, 4) is 0 Å². The molecule has 6 nitrogen and oxygen atoms in total. The molecular formula is C20H21FN4O2. The van der Waals surface area contributed by atoms with Crippen molar-refractivity contribution in [1.29, 1.82) is 0 Å². The molecular weight excluding hydrogens is 347 g/mol. The Bertz CT molecular complexity index is 928. The Morgan fingerprint density at radius 1 is 1.37 bits per heavy atom. The number of oxazole rings is 1. The molecule has 3 aromatic rings. The van der Waals surface area contributed by atoms with Crippen LogP contribution in [0.25, 0.3) is 11.1 Å². The lowest BCUT2D eigenvalue weighted by Crippen LogP contribution is -2.41. The van der Waals surface area contributed by atoms with E-state index < -0.39 is 0 Å². The number of benzene rings is 1. The monoisotopic (exact) mass is 368 g/mol. The quantitative estimate of drug-likeness (QED) is 0.750. The van der Waals surface area contributed by atoms with Gasteiger partial charge in [-0.1, -0.05) is 6.07 Å². The minimum atomic E-state index is -0.333. The number of nitrogens with one attached hydrogen (secondary N) is 1. The van der Waals surface area contributed by atoms with Crippen molar-refractivity contribution in [3.05, 3.63) is 60.0 Å². The molecule has 7 heteroatoms. The van der Waals surface area contributed by atoms with Crippen molar-refractivity contribution in [2.24, 2.45) is 0 Å². The van der Waals surface area contributed by atoms with Crippen molar-refractivity contribution >= 4 is 17.0 Å². The Morgan fingerprint density at radius 3 is 3.15 bits per heavy atom. The number of hydrogen-bond donors (Lipinski definition) is 1. The van der Waals surface area contributed by atoms with Gasteiger partial charge < -0.3 is 9.73 Å². The lowest BCUT2D eigenvalue weighted by Gasteiger charge is -2.30. The summed E-state index contributed by atoms with van der Waals surface area (Å²) in [6.45, 7) is 2.38. The van der Waals surface area contributed by atoms with E-state index >= 15 is 0 Å². The van der Waals surface area contributed by atoms with Gasteiger partial charge >= 0.3 is 0 Å². The maximum Gasteiger partial charge on any atom is 0.234 e. The minimum Gasteiger partial charge on any atom is -0.440 e. The Hall–Kier alpha value is -2.80. The van der Waals surface area contributed by atoms with Crippen LogP contribution in [0.15, 0.2) is 47.1 Å². The van der Waals surface area contributed by atoms with Crippen LogP contribution in [-0.2, 0) is 11.3 Å². The van der Waals surface area contributed by atoms with Crippen molar-refractivity contribution in [2.45, 2.75) is 25.3 Å². The van der Waals surface area contributed by atoms with Crippen molar-refractivity contribution in [2.75, 3.05) is 19.6 Å². The van der Waals surface area contributed by atoms with E-state index in [0.29, 0.717) is 36.6 Å². The predicted molar refractivity (Wildman–Crippen MR) is 98.5 cm³/mol. The van der Waals surface area contributed by atoms with E-state index in [1.807, 2.05) is 12.1 Å². The van der Waals surface area contributed by atoms with Crippen molar-refractivity contribution < 1.29 is 13.6 Å². The van der Waals surface area contributed by atoms with Gasteiger partial charge in [-0.2, -0.15) is 0 Å². The number of aromatic nitrogens is 2. The molecule has 0 spiro atoms. The molecule has 27 heavy (non-hydrogen) atoms. The van der Waals surface area contributed by atoms with Gasteiger partial charge in [-0.05, 0) is 43.1 Å². The summed E-state index contributed by atoms with van der Waals surface area (Å²) in [6.07, 6.45) is 5.36. The highest BCUT2D eigenvalue weighted by molar-refractivity contribution is 5.78. The topological polar surface area (TPSA) is 71.3 Å². The molecule has 2 aromatic heterocycles. The fourth-order valence-electron chi connectivity index (χ4n) is 3.45. The summed E-state index contributed by atoms with van der Waals surface area (Å²) in [4.78, 5) is 22.9. The number of carbonyl (C=O) groups is 1. The standard InChI is InChI=1S/C20H21FN4O2/c21-16-5-6-17-18(9-16)27-20(24-17)15-4-2-8-25(12-15)13-19(26)23-11-14-3-1-7-22-10-14/h1,3,5-7,9-10,15H,2,4,8,11-13H2,(H,23,26)/t15-/m0/s1. The number of likely N-dealkylation sites (tertiary alicyclic amines) is 1. The van der Waals surface area contributed by atoms with E-state index in [1.165, 1.54) is 12.1 Å². The summed E-state index contributed by atoms with van der Waals surface area (Å²) in [7, 11) is 0. The van der Waals surface area contributed by atoms with Gasteiger partial charge in [0.1, 0.15) is 11.3 Å². The molecule has 1 aliphatic rings. The maximum absolute atomic E-state index is 13.3. The zero-order valence-electron chi connectivity index (χ0n) is 14.9. The lowest BCUT2D eigenvalue weighted by atomic mass is 9.98. The average molecular weight is 368 g/mol. The molecule has 3 heterocycles. The molecule has 0 unspecified atom stereocenters. The Balaban J connectivity index is 1.35. The molecule has 1 amide bonds. The smallest absolute Gasteiger partial charge is 0.234 e. The van der Waals surface area contributed by atoms with Gasteiger partial charge in [-0.15, -0.1) is 0 Å². The molecule has 0 radical (unpaired) electrons. The first-order chi connectivity index (χ1) is 13.2. The molecule has 4 rings (SSSR count). The maximum atomic E-state index is 13.3. The first-order valence-corrected chi connectivity index (χ1v) is 9.11. The molecule has 1 aliphatic heterocycles. The van der Waals surface area contributed by atoms with Crippen LogP contribution in [0.1, 0.15) is 30.2 Å². The third-order valence-electron chi connectivity index (χ3n) is 4.80. The molecule has 1 fully saturated rings. The number of piperidine rings is 1. The second-order valence-electron chi connectivity index (χ2n) is 6.88. The molecule has 0 saturated carbocycles. The van der Waals surface area contributed by atoms with Crippen LogP contribution < -0.4 is 5.32 Å². The highest BCUT2D eigenvalue weighted by atomic mass is 19.1. The molecule has 0 bridgehead atoms. The molecule has 1 atom stereocenters. The molecule has 0 aliphatic carbocycles. The van der Waals surface area contributed by atoms with Crippen LogP contribution in [0.5, 0.6) is 0 Å². The number of halogens is 1. The van der Waals surface area contributed by atoms with Gasteiger partial charge in [0.05, 0.1) is 6.54 Å². The largest absolute Gasteiger partial charge is 0.440 e. The van der Waals surface area contributed by atoms with Gasteiger partial charge in [0.25, 0.3) is 0 Å². The normalized spacial score (nSPS) is 17.9. The second kappa shape index (κ2) is 7.84. The van der Waals surface area contributed by atoms with E-state index in [0.717, 1.165) is 24.9 Å². The van der Waals surface area contributed by atoms with Crippen molar-refractivity contribution in [1.82, 2.24) is 20.2 Å². The van der Waals surface area contributed by atoms with Crippen LogP contribution in [-0.4, -0.2) is 40.4 Å². The van der Waals surface area contributed by atoms with E-state index in [9.17, 15) is 9.18 Å². The third-order valence-corrected chi connectivity index (χ3v) is 4.80. The van der Waals surface area contributed by atoms with Crippen LogP contribution in [0.4, 0.5) is 4.39 Å². The summed E-state index contributed by atoms with van der Waals surface area (Å²) in [5, 5.41) is 2.93. The number of amides is 1. The zero-order chi connectivity index (χ0) is 18.6.